The summed E-state index contributed by atoms with van der Waals surface area (Å²) in [5, 5.41) is 9.72. The number of carbonyl (C=O) groups excluding carboxylic acids is 1. The average Bonchev–Trinajstić information content (AvgIpc) is 2.75. The fourth-order valence-electron chi connectivity index (χ4n) is 3.43. The van der Waals surface area contributed by atoms with Gasteiger partial charge in [0.05, 0.1) is 19.7 Å². The Balaban J connectivity index is 2.52. The molecule has 0 saturated carbocycles. The molecule has 3 atom stereocenters. The van der Waals surface area contributed by atoms with Crippen molar-refractivity contribution in [2.75, 3.05) is 61.1 Å². The van der Waals surface area contributed by atoms with Gasteiger partial charge in [-0.2, -0.15) is 4.31 Å². The quantitative estimate of drug-likeness (QED) is 0.565. The summed E-state index contributed by atoms with van der Waals surface area (Å²) in [7, 11) is 3.01. The van der Waals surface area contributed by atoms with Gasteiger partial charge in [0.2, 0.25) is 15.9 Å². The first-order chi connectivity index (χ1) is 15.5. The lowest BCUT2D eigenvalue weighted by molar-refractivity contribution is -0.135. The predicted octanol–water partition coefficient (Wildman–Crippen LogP) is 0.473. The van der Waals surface area contributed by atoms with Crippen molar-refractivity contribution in [3.05, 3.63) is 23.8 Å². The molecule has 2 rings (SSSR count). The topological polar surface area (TPSA) is 99.6 Å². The SMILES string of the molecule is COCC(=O)N(C)C[C@@H]1Oc2cc(C#CCN(C)C)ccc2S(=O)(=O)N([C@@H](C)CO)C[C@H]1C. The first kappa shape index (κ1) is 27.1. The maximum Gasteiger partial charge on any atom is 0.248 e. The lowest BCUT2D eigenvalue weighted by atomic mass is 10.0. The Hall–Kier alpha value is -2.16. The minimum absolute atomic E-state index is 0.0173. The van der Waals surface area contributed by atoms with Crippen molar-refractivity contribution in [2.45, 2.75) is 30.9 Å². The summed E-state index contributed by atoms with van der Waals surface area (Å²) in [5.74, 6) is 5.79. The Morgan fingerprint density at radius 2 is 2.06 bits per heavy atom. The zero-order valence-electron chi connectivity index (χ0n) is 20.2. The highest BCUT2D eigenvalue weighted by Gasteiger charge is 2.38. The fraction of sp³-hybridized carbons (Fsp3) is 0.609. The Morgan fingerprint density at radius 3 is 2.67 bits per heavy atom. The summed E-state index contributed by atoms with van der Waals surface area (Å²) in [6, 6.07) is 4.16. The van der Waals surface area contributed by atoms with Crippen LogP contribution in [0.4, 0.5) is 0 Å². The number of hydrogen-bond donors (Lipinski definition) is 1. The van der Waals surface area contributed by atoms with Crippen LogP contribution in [0.2, 0.25) is 0 Å². The van der Waals surface area contributed by atoms with Crippen LogP contribution in [0.15, 0.2) is 23.1 Å². The number of sulfonamides is 1. The summed E-state index contributed by atoms with van der Waals surface area (Å²) in [6.07, 6.45) is -0.483. The highest BCUT2D eigenvalue weighted by molar-refractivity contribution is 7.89. The molecule has 184 valence electrons. The molecule has 0 aliphatic carbocycles. The van der Waals surface area contributed by atoms with Gasteiger partial charge in [-0.25, -0.2) is 8.42 Å². The monoisotopic (exact) mass is 481 g/mol. The molecule has 1 aliphatic heterocycles. The second-order valence-electron chi connectivity index (χ2n) is 8.65. The molecule has 0 bridgehead atoms. The second-order valence-corrected chi connectivity index (χ2v) is 10.5. The third-order valence-corrected chi connectivity index (χ3v) is 7.46. The van der Waals surface area contributed by atoms with Crippen molar-refractivity contribution in [1.29, 1.82) is 0 Å². The number of ether oxygens (including phenoxy) is 2. The molecule has 10 heteroatoms. The van der Waals surface area contributed by atoms with Crippen LogP contribution in [0.5, 0.6) is 5.75 Å². The maximum absolute atomic E-state index is 13.5. The number of benzene rings is 1. The van der Waals surface area contributed by atoms with Crippen molar-refractivity contribution in [3.8, 4) is 17.6 Å². The maximum atomic E-state index is 13.5. The van der Waals surface area contributed by atoms with Crippen LogP contribution < -0.4 is 4.74 Å². The number of amides is 1. The van der Waals surface area contributed by atoms with Crippen LogP contribution in [-0.4, -0.2) is 107 Å². The molecule has 9 nitrogen and oxygen atoms in total. The predicted molar refractivity (Wildman–Crippen MR) is 125 cm³/mol. The van der Waals surface area contributed by atoms with Crippen LogP contribution in [0.3, 0.4) is 0 Å². The normalized spacial score (nSPS) is 21.1. The van der Waals surface area contributed by atoms with Crippen molar-refractivity contribution < 1.29 is 27.8 Å². The summed E-state index contributed by atoms with van der Waals surface area (Å²) in [6.45, 7) is 4.12. The highest BCUT2D eigenvalue weighted by atomic mass is 32.2. The first-order valence-electron chi connectivity index (χ1n) is 10.8. The van der Waals surface area contributed by atoms with Gasteiger partial charge in [0.1, 0.15) is 23.4 Å². The third kappa shape index (κ3) is 6.91. The Kier molecular flexibility index (Phi) is 9.70. The van der Waals surface area contributed by atoms with Crippen LogP contribution in [0.1, 0.15) is 19.4 Å². The molecule has 1 aliphatic rings. The Morgan fingerprint density at radius 1 is 1.36 bits per heavy atom. The number of aliphatic hydroxyl groups is 1. The van der Waals surface area contributed by atoms with E-state index in [-0.39, 0.29) is 48.8 Å². The fourth-order valence-corrected chi connectivity index (χ4v) is 5.25. The number of nitrogens with zero attached hydrogens (tertiary/aromatic N) is 3. The van der Waals surface area contributed by atoms with Crippen molar-refractivity contribution in [3.63, 3.8) is 0 Å². The summed E-state index contributed by atoms with van der Waals surface area (Å²) >= 11 is 0. The molecule has 33 heavy (non-hydrogen) atoms. The van der Waals surface area contributed by atoms with Crippen LogP contribution in [-0.2, 0) is 19.6 Å². The van der Waals surface area contributed by atoms with Gasteiger partial charge in [0.15, 0.2) is 0 Å². The van der Waals surface area contributed by atoms with E-state index in [0.717, 1.165) is 0 Å². The van der Waals surface area contributed by atoms with E-state index in [1.165, 1.54) is 22.4 Å². The first-order valence-corrected chi connectivity index (χ1v) is 12.2. The van der Waals surface area contributed by atoms with Gasteiger partial charge in [-0.15, -0.1) is 0 Å². The van der Waals surface area contributed by atoms with E-state index in [2.05, 4.69) is 11.8 Å². The molecule has 0 spiro atoms. The second kappa shape index (κ2) is 11.8. The molecule has 0 radical (unpaired) electrons. The molecular formula is C23H35N3O6S. The standard InChI is InChI=1S/C23H35N3O6S/c1-17-13-26(18(2)15-27)33(29,30)22-10-9-19(8-7-11-24(3)4)12-20(22)32-21(17)14-25(5)23(28)16-31-6/h9-10,12,17-18,21,27H,11,13-16H2,1-6H3/t17-,18+,21+/m1/s1. The van der Waals surface area contributed by atoms with Crippen LogP contribution in [0.25, 0.3) is 0 Å². The van der Waals surface area contributed by atoms with Gasteiger partial charge in [0, 0.05) is 38.2 Å². The molecule has 0 fully saturated rings. The van der Waals surface area contributed by atoms with E-state index in [4.69, 9.17) is 9.47 Å². The number of aliphatic hydroxyl groups excluding tert-OH is 1. The van der Waals surface area contributed by atoms with E-state index in [1.807, 2.05) is 25.9 Å². The molecule has 0 unspecified atom stereocenters. The summed E-state index contributed by atoms with van der Waals surface area (Å²) in [5.41, 5.74) is 0.628. The lowest BCUT2D eigenvalue weighted by Gasteiger charge is -2.37. The van der Waals surface area contributed by atoms with Gasteiger partial charge in [-0.1, -0.05) is 18.8 Å². The highest BCUT2D eigenvalue weighted by Crippen LogP contribution is 2.34. The largest absolute Gasteiger partial charge is 0.487 e. The van der Waals surface area contributed by atoms with Crippen molar-refractivity contribution >= 4 is 15.9 Å². The molecule has 1 aromatic carbocycles. The third-order valence-electron chi connectivity index (χ3n) is 5.44. The van der Waals surface area contributed by atoms with Crippen molar-refractivity contribution in [2.24, 2.45) is 5.92 Å². The molecule has 0 saturated heterocycles. The van der Waals surface area contributed by atoms with Gasteiger partial charge < -0.3 is 19.5 Å². The summed E-state index contributed by atoms with van der Waals surface area (Å²) < 4.78 is 39.4. The molecule has 1 amide bonds. The van der Waals surface area contributed by atoms with Crippen LogP contribution in [0, 0.1) is 17.8 Å². The average molecular weight is 482 g/mol. The zero-order valence-corrected chi connectivity index (χ0v) is 21.1. The van der Waals surface area contributed by atoms with Gasteiger partial charge in [0.25, 0.3) is 0 Å². The summed E-state index contributed by atoms with van der Waals surface area (Å²) in [4.78, 5) is 15.7. The van der Waals surface area contributed by atoms with E-state index < -0.39 is 22.2 Å². The van der Waals surface area contributed by atoms with Crippen molar-refractivity contribution in [1.82, 2.24) is 14.1 Å². The number of hydrogen-bond acceptors (Lipinski definition) is 7. The van der Waals surface area contributed by atoms with Gasteiger partial charge in [-0.3, -0.25) is 9.69 Å². The minimum atomic E-state index is -3.92. The number of likely N-dealkylation sites (N-methyl/N-ethyl adjacent to an activating group) is 1. The Bertz CT molecular complexity index is 986. The molecule has 1 N–H and O–H groups in total. The smallest absolute Gasteiger partial charge is 0.248 e. The van der Waals surface area contributed by atoms with Crippen LogP contribution >= 0.6 is 0 Å². The lowest BCUT2D eigenvalue weighted by Crippen LogP contribution is -2.50. The zero-order chi connectivity index (χ0) is 24.8. The van der Waals surface area contributed by atoms with E-state index >= 15 is 0 Å². The molecule has 1 aromatic rings. The molecule has 0 aromatic heterocycles. The van der Waals surface area contributed by atoms with E-state index in [9.17, 15) is 18.3 Å². The van der Waals surface area contributed by atoms with Gasteiger partial charge >= 0.3 is 0 Å². The number of methoxy groups -OCH3 is 1. The van der Waals surface area contributed by atoms with E-state index in [1.54, 1.807) is 26.1 Å². The van der Waals surface area contributed by atoms with E-state index in [0.29, 0.717) is 12.1 Å². The Labute approximate surface area is 197 Å². The number of fused-ring (bicyclic) bond motifs is 1. The number of carbonyl (C=O) groups is 1. The molecule has 1 heterocycles. The minimum Gasteiger partial charge on any atom is -0.487 e. The number of rotatable bonds is 7. The molecular weight excluding hydrogens is 446 g/mol. The van der Waals surface area contributed by atoms with Gasteiger partial charge in [-0.05, 0) is 39.2 Å².